The fourth-order valence-corrected chi connectivity index (χ4v) is 4.42. The first kappa shape index (κ1) is 20.0. The van der Waals surface area contributed by atoms with Gasteiger partial charge in [0.15, 0.2) is 22.5 Å². The number of ether oxygens (including phenoxy) is 3. The van der Waals surface area contributed by atoms with Gasteiger partial charge in [0.05, 0.1) is 30.2 Å². The lowest BCUT2D eigenvalue weighted by atomic mass is 10.2. The van der Waals surface area contributed by atoms with E-state index in [1.165, 1.54) is 11.8 Å². The second-order valence-corrected chi connectivity index (χ2v) is 8.29. The second kappa shape index (κ2) is 8.64. The molecule has 0 radical (unpaired) electrons. The Balaban J connectivity index is 1.29. The molecule has 1 aromatic carbocycles. The summed E-state index contributed by atoms with van der Waals surface area (Å²) >= 11 is 1.34. The van der Waals surface area contributed by atoms with Crippen molar-refractivity contribution < 1.29 is 23.4 Å². The minimum Gasteiger partial charge on any atom is -0.469 e. The molecule has 1 fully saturated rings. The molecule has 5 rings (SSSR count). The number of furan rings is 1. The number of fused-ring (bicyclic) bond motifs is 1. The van der Waals surface area contributed by atoms with E-state index in [0.717, 1.165) is 36.6 Å². The summed E-state index contributed by atoms with van der Waals surface area (Å²) in [4.78, 5) is 12.5. The van der Waals surface area contributed by atoms with Crippen LogP contribution in [0.1, 0.15) is 18.6 Å². The molecule has 0 unspecified atom stereocenters. The van der Waals surface area contributed by atoms with Gasteiger partial charge in [-0.1, -0.05) is 11.8 Å². The van der Waals surface area contributed by atoms with Crippen LogP contribution in [-0.4, -0.2) is 45.9 Å². The maximum absolute atomic E-state index is 12.5. The first-order chi connectivity index (χ1) is 15.2. The van der Waals surface area contributed by atoms with E-state index < -0.39 is 0 Å². The van der Waals surface area contributed by atoms with Gasteiger partial charge in [-0.15, -0.1) is 10.2 Å². The molecule has 0 aliphatic carbocycles. The first-order valence-corrected chi connectivity index (χ1v) is 11.1. The third-order valence-corrected chi connectivity index (χ3v) is 6.18. The van der Waals surface area contributed by atoms with E-state index in [-0.39, 0.29) is 24.6 Å². The Kier molecular flexibility index (Phi) is 5.56. The van der Waals surface area contributed by atoms with Crippen LogP contribution in [0.25, 0.3) is 11.4 Å². The van der Waals surface area contributed by atoms with Gasteiger partial charge < -0.3 is 23.9 Å². The predicted molar refractivity (Wildman–Crippen MR) is 113 cm³/mol. The molecular weight excluding hydrogens is 420 g/mol. The largest absolute Gasteiger partial charge is 0.469 e. The van der Waals surface area contributed by atoms with Crippen molar-refractivity contribution in [2.24, 2.45) is 0 Å². The van der Waals surface area contributed by atoms with Crippen LogP contribution in [0.3, 0.4) is 0 Å². The van der Waals surface area contributed by atoms with Gasteiger partial charge in [-0.05, 0) is 38.0 Å². The molecule has 2 aliphatic rings. The van der Waals surface area contributed by atoms with E-state index in [9.17, 15) is 4.79 Å². The van der Waals surface area contributed by atoms with Gasteiger partial charge >= 0.3 is 0 Å². The molecule has 162 valence electrons. The Morgan fingerprint density at radius 3 is 2.97 bits per heavy atom. The van der Waals surface area contributed by atoms with Crippen molar-refractivity contribution in [3.63, 3.8) is 0 Å². The van der Waals surface area contributed by atoms with Crippen molar-refractivity contribution in [3.05, 3.63) is 36.3 Å². The highest BCUT2D eigenvalue weighted by atomic mass is 32.2. The summed E-state index contributed by atoms with van der Waals surface area (Å²) in [5.41, 5.74) is 1.55. The molecule has 31 heavy (non-hydrogen) atoms. The summed E-state index contributed by atoms with van der Waals surface area (Å²) < 4.78 is 23.9. The third-order valence-electron chi connectivity index (χ3n) is 5.22. The second-order valence-electron chi connectivity index (χ2n) is 7.35. The molecule has 1 atom stereocenters. The highest BCUT2D eigenvalue weighted by Crippen LogP contribution is 2.34. The van der Waals surface area contributed by atoms with Crippen LogP contribution in [0.5, 0.6) is 11.5 Å². The number of carbonyl (C=O) groups excluding carboxylic acids is 1. The summed E-state index contributed by atoms with van der Waals surface area (Å²) in [6, 6.07) is 7.20. The van der Waals surface area contributed by atoms with Crippen LogP contribution < -0.4 is 14.8 Å². The van der Waals surface area contributed by atoms with Gasteiger partial charge in [-0.2, -0.15) is 0 Å². The fraction of sp³-hybridized carbons (Fsp3) is 0.381. The highest BCUT2D eigenvalue weighted by Gasteiger charge is 2.23. The quantitative estimate of drug-likeness (QED) is 0.555. The SMILES string of the molecule is Cc1occc1-c1nnc(SCC(=O)Nc2ccc3c(c2)OCO3)n1C[C@@H]1CCCO1. The van der Waals surface area contributed by atoms with Crippen LogP contribution in [0, 0.1) is 6.92 Å². The molecule has 10 heteroatoms. The minimum absolute atomic E-state index is 0.115. The van der Waals surface area contributed by atoms with E-state index in [4.69, 9.17) is 18.6 Å². The number of anilines is 1. The zero-order valence-corrected chi connectivity index (χ0v) is 17.8. The number of amides is 1. The number of thioether (sulfide) groups is 1. The molecule has 0 spiro atoms. The number of carbonyl (C=O) groups is 1. The standard InChI is InChI=1S/C21H22N4O5S/c1-13-16(6-8-27-13)20-23-24-21(25(20)10-15-3-2-7-28-15)31-11-19(26)22-14-4-5-17-18(9-14)30-12-29-17/h4-6,8-9,15H,2-3,7,10-12H2,1H3,(H,22,26)/t15-/m0/s1. The van der Waals surface area contributed by atoms with Crippen LogP contribution >= 0.6 is 11.8 Å². The topological polar surface area (TPSA) is 101 Å². The highest BCUT2D eigenvalue weighted by molar-refractivity contribution is 7.99. The number of aryl methyl sites for hydroxylation is 1. The maximum atomic E-state index is 12.5. The number of aromatic nitrogens is 3. The Labute approximate surface area is 183 Å². The number of benzene rings is 1. The number of nitrogens with zero attached hydrogens (tertiary/aromatic N) is 3. The average Bonchev–Trinajstić information content (AvgIpc) is 3.55. The van der Waals surface area contributed by atoms with Crippen molar-refractivity contribution in [2.75, 3.05) is 24.5 Å². The van der Waals surface area contributed by atoms with Crippen LogP contribution in [0.4, 0.5) is 5.69 Å². The molecule has 1 N–H and O–H groups in total. The van der Waals surface area contributed by atoms with Crippen molar-refractivity contribution in [1.82, 2.24) is 14.8 Å². The molecule has 0 bridgehead atoms. The number of nitrogens with one attached hydrogen (secondary N) is 1. The number of hydrogen-bond acceptors (Lipinski definition) is 8. The average molecular weight is 442 g/mol. The van der Waals surface area contributed by atoms with E-state index in [1.54, 1.807) is 24.5 Å². The lowest BCUT2D eigenvalue weighted by Gasteiger charge is -2.14. The van der Waals surface area contributed by atoms with Crippen molar-refractivity contribution >= 4 is 23.4 Å². The molecule has 4 heterocycles. The molecule has 2 aromatic heterocycles. The van der Waals surface area contributed by atoms with Gasteiger partial charge in [0, 0.05) is 18.4 Å². The van der Waals surface area contributed by atoms with Gasteiger partial charge in [-0.25, -0.2) is 0 Å². The summed E-state index contributed by atoms with van der Waals surface area (Å²) in [6.07, 6.45) is 3.80. The van der Waals surface area contributed by atoms with Gasteiger partial charge in [0.2, 0.25) is 12.7 Å². The van der Waals surface area contributed by atoms with E-state index >= 15 is 0 Å². The molecule has 9 nitrogen and oxygen atoms in total. The van der Waals surface area contributed by atoms with Crippen LogP contribution in [-0.2, 0) is 16.1 Å². The van der Waals surface area contributed by atoms with E-state index in [1.807, 2.05) is 17.6 Å². The van der Waals surface area contributed by atoms with Crippen molar-refractivity contribution in [1.29, 1.82) is 0 Å². The molecule has 2 aliphatic heterocycles. The van der Waals surface area contributed by atoms with E-state index in [2.05, 4.69) is 15.5 Å². The summed E-state index contributed by atoms with van der Waals surface area (Å²) in [5.74, 6) is 2.86. The predicted octanol–water partition coefficient (Wildman–Crippen LogP) is 3.49. The lowest BCUT2D eigenvalue weighted by molar-refractivity contribution is -0.113. The first-order valence-electron chi connectivity index (χ1n) is 10.1. The summed E-state index contributed by atoms with van der Waals surface area (Å²) in [6.45, 7) is 3.50. The number of rotatable bonds is 7. The molecule has 1 saturated heterocycles. The smallest absolute Gasteiger partial charge is 0.234 e. The Hall–Kier alpha value is -2.98. The minimum atomic E-state index is -0.142. The fourth-order valence-electron chi connectivity index (χ4n) is 3.67. The Bertz CT molecular complexity index is 1090. The normalized spacial score (nSPS) is 17.3. The van der Waals surface area contributed by atoms with Gasteiger partial charge in [0.25, 0.3) is 0 Å². The van der Waals surface area contributed by atoms with Crippen LogP contribution in [0.15, 0.2) is 40.1 Å². The monoisotopic (exact) mass is 442 g/mol. The Morgan fingerprint density at radius 2 is 2.16 bits per heavy atom. The molecule has 1 amide bonds. The summed E-state index contributed by atoms with van der Waals surface area (Å²) in [5, 5.41) is 12.3. The van der Waals surface area contributed by atoms with E-state index in [0.29, 0.717) is 28.9 Å². The molecular formula is C21H22N4O5S. The maximum Gasteiger partial charge on any atom is 0.234 e. The Morgan fingerprint density at radius 1 is 1.26 bits per heavy atom. The van der Waals surface area contributed by atoms with Crippen LogP contribution in [0.2, 0.25) is 0 Å². The summed E-state index contributed by atoms with van der Waals surface area (Å²) in [7, 11) is 0. The molecule has 0 saturated carbocycles. The van der Waals surface area contributed by atoms with Gasteiger partial charge in [-0.3, -0.25) is 9.36 Å². The van der Waals surface area contributed by atoms with Crippen molar-refractivity contribution in [3.8, 4) is 22.9 Å². The third kappa shape index (κ3) is 4.26. The number of hydrogen-bond donors (Lipinski definition) is 1. The van der Waals surface area contributed by atoms with Gasteiger partial charge in [0.1, 0.15) is 5.76 Å². The van der Waals surface area contributed by atoms with Crippen molar-refractivity contribution in [2.45, 2.75) is 37.6 Å². The lowest BCUT2D eigenvalue weighted by Crippen LogP contribution is -2.18. The molecule has 3 aromatic rings. The zero-order valence-electron chi connectivity index (χ0n) is 17.0. The zero-order chi connectivity index (χ0) is 21.2.